The first-order valence-corrected chi connectivity index (χ1v) is 3.74. The number of nitrogens with two attached hydrogens (primary N) is 1. The molecule has 1 heterocycles. The normalized spacial score (nSPS) is 28.3. The predicted molar refractivity (Wildman–Crippen MR) is 39.4 cm³/mol. The van der Waals surface area contributed by atoms with E-state index in [1.54, 1.807) is 0 Å². The molecule has 1 rings (SSSR count). The van der Waals surface area contributed by atoms with Gasteiger partial charge in [0.15, 0.2) is 0 Å². The molecule has 0 aromatic rings. The highest BCUT2D eigenvalue weighted by Gasteiger charge is 2.24. The standard InChI is InChI=1S/C7H14N2O/c1-5(7(8)10)6-3-2-4-9-6/h5-6,9H,2-4H2,1H3,(H2,8,10)/t5?,6-/m0/s1. The molecular formula is C7H14N2O. The van der Waals surface area contributed by atoms with Gasteiger partial charge >= 0.3 is 0 Å². The molecule has 0 aliphatic carbocycles. The molecule has 0 aromatic heterocycles. The number of hydrogen-bond donors (Lipinski definition) is 2. The number of rotatable bonds is 2. The van der Waals surface area contributed by atoms with E-state index >= 15 is 0 Å². The zero-order chi connectivity index (χ0) is 7.56. The Morgan fingerprint density at radius 2 is 2.50 bits per heavy atom. The number of hydrogen-bond acceptors (Lipinski definition) is 2. The summed E-state index contributed by atoms with van der Waals surface area (Å²) in [5.74, 6) is -0.207. The number of nitrogens with one attached hydrogen (secondary N) is 1. The SMILES string of the molecule is CC(C(N)=O)[C@@H]1CCCN1. The molecule has 2 atom stereocenters. The molecule has 0 saturated carbocycles. The van der Waals surface area contributed by atoms with E-state index in [0.717, 1.165) is 13.0 Å². The van der Waals surface area contributed by atoms with E-state index in [1.807, 2.05) is 6.92 Å². The number of carbonyl (C=O) groups excluding carboxylic acids is 1. The van der Waals surface area contributed by atoms with Gasteiger partial charge in [-0.3, -0.25) is 4.79 Å². The van der Waals surface area contributed by atoms with Gasteiger partial charge in [-0.05, 0) is 19.4 Å². The van der Waals surface area contributed by atoms with Gasteiger partial charge in [0.25, 0.3) is 0 Å². The first-order valence-electron chi connectivity index (χ1n) is 3.74. The fraction of sp³-hybridized carbons (Fsp3) is 0.857. The lowest BCUT2D eigenvalue weighted by atomic mass is 10.0. The van der Waals surface area contributed by atoms with Crippen molar-refractivity contribution < 1.29 is 4.79 Å². The molecule has 1 unspecified atom stereocenters. The highest BCUT2D eigenvalue weighted by Crippen LogP contribution is 2.13. The molecule has 3 heteroatoms. The second-order valence-electron chi connectivity index (χ2n) is 2.89. The second kappa shape index (κ2) is 3.01. The molecule has 1 fully saturated rings. The Morgan fingerprint density at radius 1 is 1.80 bits per heavy atom. The predicted octanol–water partition coefficient (Wildman–Crippen LogP) is -0.140. The third-order valence-corrected chi connectivity index (χ3v) is 2.15. The summed E-state index contributed by atoms with van der Waals surface area (Å²) >= 11 is 0. The van der Waals surface area contributed by atoms with E-state index in [-0.39, 0.29) is 11.8 Å². The van der Waals surface area contributed by atoms with Gasteiger partial charge in [0.05, 0.1) is 5.92 Å². The molecule has 1 amide bonds. The Hall–Kier alpha value is -0.570. The van der Waals surface area contributed by atoms with Crippen molar-refractivity contribution >= 4 is 5.91 Å². The average Bonchev–Trinajstić information content (AvgIpc) is 2.36. The Balaban J connectivity index is 2.39. The summed E-state index contributed by atoms with van der Waals surface area (Å²) in [6.45, 7) is 2.91. The maximum absolute atomic E-state index is 10.7. The van der Waals surface area contributed by atoms with Gasteiger partial charge in [-0.15, -0.1) is 0 Å². The third kappa shape index (κ3) is 1.48. The molecule has 1 saturated heterocycles. The van der Waals surface area contributed by atoms with Crippen LogP contribution < -0.4 is 11.1 Å². The fourth-order valence-corrected chi connectivity index (χ4v) is 1.34. The zero-order valence-electron chi connectivity index (χ0n) is 6.26. The second-order valence-corrected chi connectivity index (χ2v) is 2.89. The number of amides is 1. The smallest absolute Gasteiger partial charge is 0.221 e. The molecule has 10 heavy (non-hydrogen) atoms. The van der Waals surface area contributed by atoms with Crippen LogP contribution in [0.5, 0.6) is 0 Å². The number of carbonyl (C=O) groups is 1. The van der Waals surface area contributed by atoms with Gasteiger partial charge in [0.2, 0.25) is 5.91 Å². The van der Waals surface area contributed by atoms with Crippen LogP contribution in [0.4, 0.5) is 0 Å². The van der Waals surface area contributed by atoms with Crippen LogP contribution in [0.25, 0.3) is 0 Å². The average molecular weight is 142 g/mol. The highest BCUT2D eigenvalue weighted by molar-refractivity contribution is 5.77. The summed E-state index contributed by atoms with van der Waals surface area (Å²) in [6, 6.07) is 0.331. The van der Waals surface area contributed by atoms with Gasteiger partial charge < -0.3 is 11.1 Å². The van der Waals surface area contributed by atoms with Crippen LogP contribution in [0, 0.1) is 5.92 Å². The first-order chi connectivity index (χ1) is 4.72. The van der Waals surface area contributed by atoms with E-state index in [1.165, 1.54) is 6.42 Å². The maximum atomic E-state index is 10.7. The van der Waals surface area contributed by atoms with E-state index < -0.39 is 0 Å². The third-order valence-electron chi connectivity index (χ3n) is 2.15. The summed E-state index contributed by atoms with van der Waals surface area (Å²) < 4.78 is 0. The Labute approximate surface area is 61.0 Å². The lowest BCUT2D eigenvalue weighted by molar-refractivity contribution is -0.122. The Morgan fingerprint density at radius 3 is 2.90 bits per heavy atom. The van der Waals surface area contributed by atoms with Crippen LogP contribution in [0.15, 0.2) is 0 Å². The first kappa shape index (κ1) is 7.54. The quantitative estimate of drug-likeness (QED) is 0.564. The van der Waals surface area contributed by atoms with Crippen LogP contribution in [0.2, 0.25) is 0 Å². The Bertz CT molecular complexity index is 130. The van der Waals surface area contributed by atoms with Crippen molar-refractivity contribution in [1.29, 1.82) is 0 Å². The summed E-state index contributed by atoms with van der Waals surface area (Å²) in [7, 11) is 0. The summed E-state index contributed by atoms with van der Waals surface area (Å²) in [4.78, 5) is 10.7. The highest BCUT2D eigenvalue weighted by atomic mass is 16.1. The minimum absolute atomic E-state index is 0.0116. The zero-order valence-corrected chi connectivity index (χ0v) is 6.26. The van der Waals surface area contributed by atoms with Crippen LogP contribution >= 0.6 is 0 Å². The van der Waals surface area contributed by atoms with Crippen molar-refractivity contribution in [2.24, 2.45) is 11.7 Å². The van der Waals surface area contributed by atoms with E-state index in [2.05, 4.69) is 5.32 Å². The van der Waals surface area contributed by atoms with E-state index in [4.69, 9.17) is 5.73 Å². The molecule has 0 spiro atoms. The van der Waals surface area contributed by atoms with Gasteiger partial charge in [0.1, 0.15) is 0 Å². The van der Waals surface area contributed by atoms with Crippen molar-refractivity contribution in [3.8, 4) is 0 Å². The van der Waals surface area contributed by atoms with Crippen LogP contribution in [0.3, 0.4) is 0 Å². The van der Waals surface area contributed by atoms with Crippen molar-refractivity contribution in [2.45, 2.75) is 25.8 Å². The fourth-order valence-electron chi connectivity index (χ4n) is 1.34. The van der Waals surface area contributed by atoms with Gasteiger partial charge in [-0.25, -0.2) is 0 Å². The van der Waals surface area contributed by atoms with E-state index in [9.17, 15) is 4.79 Å². The lowest BCUT2D eigenvalue weighted by Crippen LogP contribution is -2.37. The largest absolute Gasteiger partial charge is 0.369 e. The van der Waals surface area contributed by atoms with Crippen LogP contribution in [-0.2, 0) is 4.79 Å². The molecular weight excluding hydrogens is 128 g/mol. The Kier molecular flexibility index (Phi) is 2.27. The molecule has 3 N–H and O–H groups in total. The van der Waals surface area contributed by atoms with Crippen LogP contribution in [-0.4, -0.2) is 18.5 Å². The maximum Gasteiger partial charge on any atom is 0.221 e. The topological polar surface area (TPSA) is 55.1 Å². The lowest BCUT2D eigenvalue weighted by Gasteiger charge is -2.14. The van der Waals surface area contributed by atoms with Gasteiger partial charge in [0, 0.05) is 6.04 Å². The minimum atomic E-state index is -0.195. The van der Waals surface area contributed by atoms with Crippen molar-refractivity contribution in [2.75, 3.05) is 6.54 Å². The molecule has 58 valence electrons. The molecule has 1 aliphatic heterocycles. The minimum Gasteiger partial charge on any atom is -0.369 e. The summed E-state index contributed by atoms with van der Waals surface area (Å²) in [6.07, 6.45) is 2.26. The van der Waals surface area contributed by atoms with Crippen molar-refractivity contribution in [3.05, 3.63) is 0 Å². The van der Waals surface area contributed by atoms with Crippen molar-refractivity contribution in [3.63, 3.8) is 0 Å². The molecule has 0 radical (unpaired) electrons. The van der Waals surface area contributed by atoms with Gasteiger partial charge in [-0.1, -0.05) is 6.92 Å². The summed E-state index contributed by atoms with van der Waals surface area (Å²) in [5.41, 5.74) is 5.14. The van der Waals surface area contributed by atoms with Crippen LogP contribution in [0.1, 0.15) is 19.8 Å². The van der Waals surface area contributed by atoms with Crippen molar-refractivity contribution in [1.82, 2.24) is 5.32 Å². The number of primary amides is 1. The molecule has 3 nitrogen and oxygen atoms in total. The molecule has 1 aliphatic rings. The van der Waals surface area contributed by atoms with Gasteiger partial charge in [-0.2, -0.15) is 0 Å². The monoisotopic (exact) mass is 142 g/mol. The molecule has 0 bridgehead atoms. The molecule has 0 aromatic carbocycles. The summed E-state index contributed by atoms with van der Waals surface area (Å²) in [5, 5.41) is 3.24. The van der Waals surface area contributed by atoms with E-state index in [0.29, 0.717) is 6.04 Å².